The van der Waals surface area contributed by atoms with Crippen molar-refractivity contribution < 1.29 is 22.7 Å². The molecule has 0 atom stereocenters. The second-order valence-corrected chi connectivity index (χ2v) is 2.94. The second-order valence-electron chi connectivity index (χ2n) is 2.94. The third-order valence-electron chi connectivity index (χ3n) is 1.67. The molecular formula is C8H10F3N3O2. The molecule has 0 bridgehead atoms. The smallest absolute Gasteiger partial charge is 0.408 e. The van der Waals surface area contributed by atoms with E-state index in [1.165, 1.54) is 0 Å². The van der Waals surface area contributed by atoms with Crippen molar-refractivity contribution >= 4 is 11.7 Å². The Hall–Kier alpha value is -1.73. The number of aromatic nitrogens is 2. The molecule has 1 rings (SSSR count). The van der Waals surface area contributed by atoms with Crippen molar-refractivity contribution in [1.29, 1.82) is 0 Å². The molecule has 0 saturated carbocycles. The number of hydrogen-bond acceptors (Lipinski definition) is 4. The second kappa shape index (κ2) is 4.42. The van der Waals surface area contributed by atoms with E-state index in [1.54, 1.807) is 6.92 Å². The van der Waals surface area contributed by atoms with Gasteiger partial charge in [0.25, 0.3) is 0 Å². The van der Waals surface area contributed by atoms with E-state index in [0.29, 0.717) is 4.68 Å². The molecule has 90 valence electrons. The van der Waals surface area contributed by atoms with Crippen LogP contribution in [0.5, 0.6) is 0 Å². The number of ether oxygens (including phenoxy) is 1. The molecule has 16 heavy (non-hydrogen) atoms. The largest absolute Gasteiger partial charge is 0.461 e. The quantitative estimate of drug-likeness (QED) is 0.802. The van der Waals surface area contributed by atoms with Crippen LogP contribution in [0, 0.1) is 0 Å². The van der Waals surface area contributed by atoms with Crippen LogP contribution in [0.3, 0.4) is 0 Å². The molecule has 0 aliphatic rings. The lowest BCUT2D eigenvalue weighted by molar-refractivity contribution is -0.142. The maximum absolute atomic E-state index is 12.1. The number of esters is 1. The highest BCUT2D eigenvalue weighted by Crippen LogP contribution is 2.20. The average Bonchev–Trinajstić information content (AvgIpc) is 2.44. The normalized spacial score (nSPS) is 11.5. The summed E-state index contributed by atoms with van der Waals surface area (Å²) in [5.74, 6) is -0.915. The number of nitrogen functional groups attached to an aromatic ring is 1. The highest BCUT2D eigenvalue weighted by Gasteiger charge is 2.31. The van der Waals surface area contributed by atoms with E-state index in [4.69, 9.17) is 5.73 Å². The summed E-state index contributed by atoms with van der Waals surface area (Å²) in [7, 11) is 0. The fourth-order valence-electron chi connectivity index (χ4n) is 1.11. The Morgan fingerprint density at radius 3 is 2.75 bits per heavy atom. The van der Waals surface area contributed by atoms with Gasteiger partial charge in [0, 0.05) is 0 Å². The van der Waals surface area contributed by atoms with Crippen molar-refractivity contribution in [2.75, 3.05) is 12.3 Å². The van der Waals surface area contributed by atoms with Crippen LogP contribution in [0.2, 0.25) is 0 Å². The molecule has 0 aromatic carbocycles. The Morgan fingerprint density at radius 1 is 1.62 bits per heavy atom. The van der Waals surface area contributed by atoms with Crippen LogP contribution in [-0.2, 0) is 11.3 Å². The minimum atomic E-state index is -4.47. The lowest BCUT2D eigenvalue weighted by Gasteiger charge is -2.09. The zero-order chi connectivity index (χ0) is 12.3. The summed E-state index contributed by atoms with van der Waals surface area (Å²) in [6.45, 7) is 0.215. The van der Waals surface area contributed by atoms with Crippen LogP contribution in [-0.4, -0.2) is 28.5 Å². The van der Waals surface area contributed by atoms with Crippen LogP contribution >= 0.6 is 0 Å². The molecule has 0 aliphatic carbocycles. The summed E-state index contributed by atoms with van der Waals surface area (Å²) in [6, 6.07) is 0. The van der Waals surface area contributed by atoms with Gasteiger partial charge in [-0.25, -0.2) is 9.48 Å². The first-order chi connectivity index (χ1) is 7.35. The fraction of sp³-hybridized carbons (Fsp3) is 0.500. The molecule has 0 fully saturated rings. The molecule has 0 spiro atoms. The van der Waals surface area contributed by atoms with Gasteiger partial charge in [0.05, 0.1) is 18.5 Å². The lowest BCUT2D eigenvalue weighted by atomic mass is 10.3. The number of alkyl halides is 3. The number of nitrogens with two attached hydrogens (primary N) is 1. The molecule has 5 nitrogen and oxygen atoms in total. The molecule has 0 radical (unpaired) electrons. The maximum Gasteiger partial charge on any atom is 0.408 e. The predicted octanol–water partition coefficient (Wildman–Crippen LogP) is 1.20. The Labute approximate surface area is 89.0 Å². The first-order valence-corrected chi connectivity index (χ1v) is 4.40. The van der Waals surface area contributed by atoms with Gasteiger partial charge >= 0.3 is 12.1 Å². The van der Waals surface area contributed by atoms with Gasteiger partial charge < -0.3 is 10.5 Å². The van der Waals surface area contributed by atoms with Gasteiger partial charge in [-0.2, -0.15) is 18.3 Å². The molecule has 0 saturated heterocycles. The zero-order valence-electron chi connectivity index (χ0n) is 8.41. The van der Waals surface area contributed by atoms with Gasteiger partial charge in [-0.3, -0.25) is 0 Å². The minimum absolute atomic E-state index is 0.0511. The van der Waals surface area contributed by atoms with Gasteiger partial charge in [0.1, 0.15) is 6.54 Å². The Balaban J connectivity index is 2.98. The van der Waals surface area contributed by atoms with Crippen LogP contribution in [0.15, 0.2) is 6.20 Å². The number of carbonyl (C=O) groups is 1. The SMILES string of the molecule is CCOC(=O)c1c(N)cnn1CC(F)(F)F. The topological polar surface area (TPSA) is 70.1 Å². The van der Waals surface area contributed by atoms with Gasteiger partial charge in [0.15, 0.2) is 5.69 Å². The third kappa shape index (κ3) is 2.88. The van der Waals surface area contributed by atoms with Crippen LogP contribution in [0.1, 0.15) is 17.4 Å². The Kier molecular flexibility index (Phi) is 3.41. The van der Waals surface area contributed by atoms with Crippen molar-refractivity contribution in [2.45, 2.75) is 19.6 Å². The maximum atomic E-state index is 12.1. The molecule has 8 heteroatoms. The molecule has 1 aromatic heterocycles. The predicted molar refractivity (Wildman–Crippen MR) is 48.7 cm³/mol. The van der Waals surface area contributed by atoms with Crippen molar-refractivity contribution in [1.82, 2.24) is 9.78 Å². The highest BCUT2D eigenvalue weighted by atomic mass is 19.4. The Bertz CT molecular complexity index is 386. The number of nitrogens with zero attached hydrogens (tertiary/aromatic N) is 2. The number of rotatable bonds is 3. The Morgan fingerprint density at radius 2 is 2.25 bits per heavy atom. The molecule has 1 aromatic rings. The van der Waals surface area contributed by atoms with E-state index in [1.807, 2.05) is 0 Å². The first-order valence-electron chi connectivity index (χ1n) is 4.40. The van der Waals surface area contributed by atoms with E-state index in [0.717, 1.165) is 6.20 Å². The van der Waals surface area contributed by atoms with Crippen molar-refractivity contribution in [2.24, 2.45) is 0 Å². The van der Waals surface area contributed by atoms with E-state index in [-0.39, 0.29) is 18.0 Å². The molecule has 0 unspecified atom stereocenters. The average molecular weight is 237 g/mol. The van der Waals surface area contributed by atoms with Crippen LogP contribution in [0.25, 0.3) is 0 Å². The summed E-state index contributed by atoms with van der Waals surface area (Å²) >= 11 is 0. The summed E-state index contributed by atoms with van der Waals surface area (Å²) in [4.78, 5) is 11.3. The zero-order valence-corrected chi connectivity index (χ0v) is 8.41. The summed E-state index contributed by atoms with van der Waals surface area (Å²) < 4.78 is 41.4. The number of hydrogen-bond donors (Lipinski definition) is 1. The van der Waals surface area contributed by atoms with E-state index < -0.39 is 18.7 Å². The van der Waals surface area contributed by atoms with Crippen molar-refractivity contribution in [3.63, 3.8) is 0 Å². The van der Waals surface area contributed by atoms with Crippen molar-refractivity contribution in [3.05, 3.63) is 11.9 Å². The number of anilines is 1. The standard InChI is InChI=1S/C8H10F3N3O2/c1-2-16-7(15)6-5(12)3-13-14(6)4-8(9,10)11/h3H,2,4,12H2,1H3. The highest BCUT2D eigenvalue weighted by molar-refractivity contribution is 5.93. The van der Waals surface area contributed by atoms with Gasteiger partial charge in [-0.15, -0.1) is 0 Å². The number of carbonyl (C=O) groups excluding carboxylic acids is 1. The van der Waals surface area contributed by atoms with Gasteiger partial charge in [0.2, 0.25) is 0 Å². The van der Waals surface area contributed by atoms with E-state index in [2.05, 4.69) is 9.84 Å². The summed E-state index contributed by atoms with van der Waals surface area (Å²) in [5, 5.41) is 3.38. The summed E-state index contributed by atoms with van der Waals surface area (Å²) in [5.41, 5.74) is 4.83. The third-order valence-corrected chi connectivity index (χ3v) is 1.67. The summed E-state index contributed by atoms with van der Waals surface area (Å²) in [6.07, 6.45) is -3.49. The number of halogens is 3. The molecular weight excluding hydrogens is 227 g/mol. The first kappa shape index (κ1) is 12.3. The monoisotopic (exact) mass is 237 g/mol. The molecule has 0 aliphatic heterocycles. The van der Waals surface area contributed by atoms with Crippen LogP contribution < -0.4 is 5.73 Å². The van der Waals surface area contributed by atoms with Crippen molar-refractivity contribution in [3.8, 4) is 0 Å². The van der Waals surface area contributed by atoms with Gasteiger partial charge in [-0.05, 0) is 6.92 Å². The fourth-order valence-corrected chi connectivity index (χ4v) is 1.11. The minimum Gasteiger partial charge on any atom is -0.461 e. The van der Waals surface area contributed by atoms with Gasteiger partial charge in [-0.1, -0.05) is 0 Å². The lowest BCUT2D eigenvalue weighted by Crippen LogP contribution is -2.23. The molecule has 1 heterocycles. The molecule has 2 N–H and O–H groups in total. The molecule has 0 amide bonds. The van der Waals surface area contributed by atoms with E-state index >= 15 is 0 Å². The van der Waals surface area contributed by atoms with E-state index in [9.17, 15) is 18.0 Å². The van der Waals surface area contributed by atoms with Crippen LogP contribution in [0.4, 0.5) is 18.9 Å².